The molecule has 1 rings (SSSR count). The van der Waals surface area contributed by atoms with Gasteiger partial charge in [-0.15, -0.1) is 0 Å². The number of nitrogens with zero attached hydrogens (tertiary/aromatic N) is 1. The summed E-state index contributed by atoms with van der Waals surface area (Å²) in [5.74, 6) is -0.0993. The van der Waals surface area contributed by atoms with Gasteiger partial charge in [0, 0.05) is 38.7 Å². The molecule has 1 amide bonds. The van der Waals surface area contributed by atoms with E-state index >= 15 is 0 Å². The van der Waals surface area contributed by atoms with Crippen LogP contribution in [0.15, 0.2) is 24.3 Å². The lowest BCUT2D eigenvalue weighted by molar-refractivity contribution is -0.384. The zero-order chi connectivity index (χ0) is 14.3. The maximum Gasteiger partial charge on any atom is 0.269 e. The first-order valence-corrected chi connectivity index (χ1v) is 5.88. The third-order valence-corrected chi connectivity index (χ3v) is 2.50. The molecule has 0 aromatic heterocycles. The molecule has 0 radical (unpaired) electrons. The quantitative estimate of drug-likeness (QED) is 0.376. The molecule has 19 heavy (non-hydrogen) atoms. The van der Waals surface area contributed by atoms with Gasteiger partial charge in [0.05, 0.1) is 11.0 Å². The van der Waals surface area contributed by atoms with Crippen LogP contribution in [0.25, 0.3) is 0 Å². The number of aliphatic hydroxyl groups excluding tert-OH is 1. The molecule has 1 unspecified atom stereocenters. The number of rotatable bonds is 7. The van der Waals surface area contributed by atoms with Crippen molar-refractivity contribution in [2.75, 3.05) is 19.6 Å². The number of carbonyl (C=O) groups is 1. The molecule has 3 N–H and O–H groups in total. The predicted octanol–water partition coefficient (Wildman–Crippen LogP) is 0.354. The maximum absolute atomic E-state index is 10.6. The molecule has 104 valence electrons. The summed E-state index contributed by atoms with van der Waals surface area (Å²) in [6.45, 7) is 2.79. The Morgan fingerprint density at radius 1 is 1.37 bits per heavy atom. The van der Waals surface area contributed by atoms with Gasteiger partial charge in [-0.25, -0.2) is 0 Å². The molecule has 7 heteroatoms. The third kappa shape index (κ3) is 5.45. The monoisotopic (exact) mass is 267 g/mol. The highest BCUT2D eigenvalue weighted by atomic mass is 16.6. The van der Waals surface area contributed by atoms with Crippen molar-refractivity contribution in [2.45, 2.75) is 13.0 Å². The second-order valence-corrected chi connectivity index (χ2v) is 4.05. The Morgan fingerprint density at radius 2 is 2.00 bits per heavy atom. The number of carbonyl (C=O) groups excluding carboxylic acids is 1. The second-order valence-electron chi connectivity index (χ2n) is 4.05. The summed E-state index contributed by atoms with van der Waals surface area (Å²) in [6.07, 6.45) is -0.738. The average molecular weight is 267 g/mol. The highest BCUT2D eigenvalue weighted by Crippen LogP contribution is 2.16. The zero-order valence-corrected chi connectivity index (χ0v) is 10.6. The van der Waals surface area contributed by atoms with Crippen molar-refractivity contribution in [1.29, 1.82) is 0 Å². The van der Waals surface area contributed by atoms with Crippen molar-refractivity contribution >= 4 is 11.6 Å². The SMILES string of the molecule is CC(=O)NCCNCC(O)c1ccc([N+](=O)[O-])cc1. The lowest BCUT2D eigenvalue weighted by Crippen LogP contribution is -2.32. The Hall–Kier alpha value is -1.99. The molecule has 0 heterocycles. The van der Waals surface area contributed by atoms with E-state index in [0.717, 1.165) is 0 Å². The molecule has 7 nitrogen and oxygen atoms in total. The number of benzene rings is 1. The highest BCUT2D eigenvalue weighted by molar-refractivity contribution is 5.72. The average Bonchev–Trinajstić information content (AvgIpc) is 2.37. The zero-order valence-electron chi connectivity index (χ0n) is 10.6. The van der Waals surface area contributed by atoms with Crippen LogP contribution >= 0.6 is 0 Å². The van der Waals surface area contributed by atoms with Gasteiger partial charge in [-0.05, 0) is 17.7 Å². The summed E-state index contributed by atoms with van der Waals surface area (Å²) in [7, 11) is 0. The standard InChI is InChI=1S/C12H17N3O4/c1-9(16)14-7-6-13-8-12(17)10-2-4-11(5-3-10)15(18)19/h2-5,12-13,17H,6-8H2,1H3,(H,14,16). The fraction of sp³-hybridized carbons (Fsp3) is 0.417. The number of nitro benzene ring substituents is 1. The van der Waals surface area contributed by atoms with Crippen molar-refractivity contribution in [1.82, 2.24) is 10.6 Å². The topological polar surface area (TPSA) is 104 Å². The first kappa shape index (κ1) is 15.1. The van der Waals surface area contributed by atoms with Crippen molar-refractivity contribution in [3.05, 3.63) is 39.9 Å². The van der Waals surface area contributed by atoms with E-state index in [-0.39, 0.29) is 11.6 Å². The molecule has 0 aliphatic heterocycles. The minimum absolute atomic E-state index is 0.00503. The molecular formula is C12H17N3O4. The van der Waals surface area contributed by atoms with E-state index in [4.69, 9.17) is 0 Å². The number of hydrogen-bond acceptors (Lipinski definition) is 5. The van der Waals surface area contributed by atoms with E-state index in [2.05, 4.69) is 10.6 Å². The molecule has 0 aliphatic carbocycles. The summed E-state index contributed by atoms with van der Waals surface area (Å²) in [5, 5.41) is 25.9. The smallest absolute Gasteiger partial charge is 0.269 e. The first-order valence-electron chi connectivity index (χ1n) is 5.88. The molecule has 0 bridgehead atoms. The molecular weight excluding hydrogens is 250 g/mol. The highest BCUT2D eigenvalue weighted by Gasteiger charge is 2.09. The number of nitrogens with one attached hydrogen (secondary N) is 2. The Bertz CT molecular complexity index is 433. The number of nitro groups is 1. The van der Waals surface area contributed by atoms with E-state index in [0.29, 0.717) is 25.2 Å². The molecule has 0 aliphatic rings. The molecule has 1 aromatic carbocycles. The van der Waals surface area contributed by atoms with Gasteiger partial charge in [0.15, 0.2) is 0 Å². The Morgan fingerprint density at radius 3 is 2.53 bits per heavy atom. The summed E-state index contributed by atoms with van der Waals surface area (Å²) in [6, 6.07) is 5.77. The number of amides is 1. The van der Waals surface area contributed by atoms with Crippen LogP contribution < -0.4 is 10.6 Å². The fourth-order valence-corrected chi connectivity index (χ4v) is 1.50. The van der Waals surface area contributed by atoms with Crippen LogP contribution in [-0.2, 0) is 4.79 Å². The minimum atomic E-state index is -0.738. The summed E-state index contributed by atoms with van der Waals surface area (Å²) >= 11 is 0. The lowest BCUT2D eigenvalue weighted by Gasteiger charge is -2.12. The fourth-order valence-electron chi connectivity index (χ4n) is 1.50. The normalized spacial score (nSPS) is 11.9. The Kier molecular flexibility index (Phi) is 5.91. The van der Waals surface area contributed by atoms with E-state index < -0.39 is 11.0 Å². The van der Waals surface area contributed by atoms with Gasteiger partial charge in [-0.1, -0.05) is 0 Å². The van der Waals surface area contributed by atoms with E-state index in [1.54, 1.807) is 0 Å². The van der Waals surface area contributed by atoms with Gasteiger partial charge in [-0.2, -0.15) is 0 Å². The summed E-state index contributed by atoms with van der Waals surface area (Å²) < 4.78 is 0. The van der Waals surface area contributed by atoms with Gasteiger partial charge in [0.25, 0.3) is 5.69 Å². The van der Waals surface area contributed by atoms with Gasteiger partial charge in [0.2, 0.25) is 5.91 Å². The number of aliphatic hydroxyl groups is 1. The van der Waals surface area contributed by atoms with Gasteiger partial charge < -0.3 is 15.7 Å². The number of non-ortho nitro benzene ring substituents is 1. The third-order valence-electron chi connectivity index (χ3n) is 2.50. The molecule has 0 saturated carbocycles. The van der Waals surface area contributed by atoms with Crippen LogP contribution in [-0.4, -0.2) is 35.6 Å². The van der Waals surface area contributed by atoms with Crippen LogP contribution in [0.2, 0.25) is 0 Å². The summed E-state index contributed by atoms with van der Waals surface area (Å²) in [5.41, 5.74) is 0.604. The van der Waals surface area contributed by atoms with Crippen molar-refractivity contribution in [3.63, 3.8) is 0 Å². The molecule has 1 aromatic rings. The van der Waals surface area contributed by atoms with Gasteiger partial charge in [-0.3, -0.25) is 14.9 Å². The minimum Gasteiger partial charge on any atom is -0.387 e. The van der Waals surface area contributed by atoms with Crippen LogP contribution in [0, 0.1) is 10.1 Å². The van der Waals surface area contributed by atoms with Crippen LogP contribution in [0.4, 0.5) is 5.69 Å². The van der Waals surface area contributed by atoms with Crippen molar-refractivity contribution in [3.8, 4) is 0 Å². The molecule has 0 saturated heterocycles. The number of hydrogen-bond donors (Lipinski definition) is 3. The summed E-state index contributed by atoms with van der Waals surface area (Å²) in [4.78, 5) is 20.6. The van der Waals surface area contributed by atoms with Gasteiger partial charge >= 0.3 is 0 Å². The Balaban J connectivity index is 2.34. The van der Waals surface area contributed by atoms with Crippen LogP contribution in [0.3, 0.4) is 0 Å². The lowest BCUT2D eigenvalue weighted by atomic mass is 10.1. The van der Waals surface area contributed by atoms with Gasteiger partial charge in [0.1, 0.15) is 0 Å². The first-order chi connectivity index (χ1) is 9.00. The van der Waals surface area contributed by atoms with E-state index in [1.807, 2.05) is 0 Å². The molecule has 1 atom stereocenters. The second kappa shape index (κ2) is 7.45. The van der Waals surface area contributed by atoms with E-state index in [1.165, 1.54) is 31.2 Å². The van der Waals surface area contributed by atoms with Crippen molar-refractivity contribution < 1.29 is 14.8 Å². The van der Waals surface area contributed by atoms with Crippen LogP contribution in [0.5, 0.6) is 0 Å². The Labute approximate surface area is 110 Å². The van der Waals surface area contributed by atoms with Crippen molar-refractivity contribution in [2.24, 2.45) is 0 Å². The van der Waals surface area contributed by atoms with Crippen LogP contribution in [0.1, 0.15) is 18.6 Å². The molecule has 0 spiro atoms. The molecule has 0 fully saturated rings. The maximum atomic E-state index is 10.6. The predicted molar refractivity (Wildman–Crippen MR) is 69.6 cm³/mol. The van der Waals surface area contributed by atoms with E-state index in [9.17, 15) is 20.0 Å². The largest absolute Gasteiger partial charge is 0.387 e.